The van der Waals surface area contributed by atoms with Gasteiger partial charge in [0, 0.05) is 36.7 Å². The molecule has 200 valence electrons. The monoisotopic (exact) mass is 512 g/mol. The quantitative estimate of drug-likeness (QED) is 0.311. The number of piperidine rings is 1. The zero-order valence-corrected chi connectivity index (χ0v) is 23.0. The summed E-state index contributed by atoms with van der Waals surface area (Å²) in [7, 11) is 0. The lowest BCUT2D eigenvalue weighted by molar-refractivity contribution is 0.0949. The van der Waals surface area contributed by atoms with Crippen LogP contribution >= 0.6 is 0 Å². The number of benzene rings is 3. The van der Waals surface area contributed by atoms with E-state index in [1.807, 2.05) is 44.2 Å². The zero-order valence-electron chi connectivity index (χ0n) is 23.0. The second kappa shape index (κ2) is 12.6. The van der Waals surface area contributed by atoms with Gasteiger partial charge in [0.25, 0.3) is 5.91 Å². The maximum Gasteiger partial charge on any atom is 0.323 e. The smallest absolute Gasteiger partial charge is 0.323 e. The van der Waals surface area contributed by atoms with E-state index in [4.69, 9.17) is 0 Å². The first-order chi connectivity index (χ1) is 18.3. The number of hydrogen-bond acceptors (Lipinski definition) is 3. The summed E-state index contributed by atoms with van der Waals surface area (Å²) in [6.45, 7) is 10.6. The lowest BCUT2D eigenvalue weighted by Crippen LogP contribution is -2.36. The third-order valence-corrected chi connectivity index (χ3v) is 7.12. The number of urea groups is 1. The van der Waals surface area contributed by atoms with Crippen LogP contribution in [-0.4, -0.2) is 31.6 Å². The molecule has 1 aliphatic heterocycles. The van der Waals surface area contributed by atoms with Gasteiger partial charge in [-0.15, -0.1) is 0 Å². The number of hydrogen-bond donors (Lipinski definition) is 3. The second-order valence-electron chi connectivity index (χ2n) is 10.9. The van der Waals surface area contributed by atoms with E-state index in [1.165, 1.54) is 5.56 Å². The third kappa shape index (κ3) is 7.37. The van der Waals surface area contributed by atoms with Crippen LogP contribution in [0, 0.1) is 25.7 Å². The standard InChI is InChI=1S/C32H40N4O2/c1-22(2)21-33-31(37)28-20-27(34-32(38)35-29-12-10-23(3)18-24(29)4)11-13-30(28)36-16-14-26(15-17-36)19-25-8-6-5-7-9-25/h5-13,18,20,22,26H,14-17,19,21H2,1-4H3,(H,33,37)(H2,34,35,38). The molecule has 4 rings (SSSR count). The maximum atomic E-state index is 13.3. The summed E-state index contributed by atoms with van der Waals surface area (Å²) in [5, 5.41) is 8.88. The number of carbonyl (C=O) groups is 2. The lowest BCUT2D eigenvalue weighted by atomic mass is 9.89. The Morgan fingerprint density at radius 1 is 0.921 bits per heavy atom. The van der Waals surface area contributed by atoms with Crippen molar-refractivity contribution in [1.82, 2.24) is 5.32 Å². The van der Waals surface area contributed by atoms with E-state index < -0.39 is 0 Å². The number of rotatable bonds is 8. The van der Waals surface area contributed by atoms with Gasteiger partial charge in [0.2, 0.25) is 0 Å². The average Bonchev–Trinajstić information content (AvgIpc) is 2.90. The molecule has 0 aliphatic carbocycles. The molecule has 3 amide bonds. The fourth-order valence-corrected chi connectivity index (χ4v) is 5.03. The van der Waals surface area contributed by atoms with Gasteiger partial charge in [-0.25, -0.2) is 4.79 Å². The van der Waals surface area contributed by atoms with E-state index in [0.717, 1.165) is 54.9 Å². The Kier molecular flexibility index (Phi) is 9.06. The van der Waals surface area contributed by atoms with Gasteiger partial charge in [0.15, 0.2) is 0 Å². The number of anilines is 3. The molecule has 38 heavy (non-hydrogen) atoms. The van der Waals surface area contributed by atoms with E-state index in [9.17, 15) is 9.59 Å². The molecule has 0 saturated carbocycles. The first-order valence-corrected chi connectivity index (χ1v) is 13.6. The molecule has 0 radical (unpaired) electrons. The predicted molar refractivity (Wildman–Crippen MR) is 157 cm³/mol. The highest BCUT2D eigenvalue weighted by Gasteiger charge is 2.24. The molecular weight excluding hydrogens is 472 g/mol. The van der Waals surface area contributed by atoms with Crippen LogP contribution in [0.5, 0.6) is 0 Å². The van der Waals surface area contributed by atoms with Gasteiger partial charge < -0.3 is 20.9 Å². The molecule has 1 heterocycles. The Labute approximate surface area is 226 Å². The maximum absolute atomic E-state index is 13.3. The van der Waals surface area contributed by atoms with E-state index in [1.54, 1.807) is 6.07 Å². The highest BCUT2D eigenvalue weighted by molar-refractivity contribution is 6.04. The van der Waals surface area contributed by atoms with Crippen molar-refractivity contribution in [3.8, 4) is 0 Å². The molecule has 3 aromatic rings. The molecule has 0 unspecified atom stereocenters. The Hall–Kier alpha value is -3.80. The summed E-state index contributed by atoms with van der Waals surface area (Å²) < 4.78 is 0. The van der Waals surface area contributed by atoms with E-state index in [-0.39, 0.29) is 11.9 Å². The van der Waals surface area contributed by atoms with Crippen molar-refractivity contribution in [2.75, 3.05) is 35.2 Å². The highest BCUT2D eigenvalue weighted by Crippen LogP contribution is 2.30. The van der Waals surface area contributed by atoms with Crippen LogP contribution in [0.15, 0.2) is 66.7 Å². The van der Waals surface area contributed by atoms with Crippen LogP contribution in [0.3, 0.4) is 0 Å². The lowest BCUT2D eigenvalue weighted by Gasteiger charge is -2.35. The third-order valence-electron chi connectivity index (χ3n) is 7.12. The largest absolute Gasteiger partial charge is 0.371 e. The highest BCUT2D eigenvalue weighted by atomic mass is 16.2. The van der Waals surface area contributed by atoms with E-state index in [0.29, 0.717) is 29.6 Å². The second-order valence-corrected chi connectivity index (χ2v) is 10.9. The van der Waals surface area contributed by atoms with Crippen molar-refractivity contribution < 1.29 is 9.59 Å². The van der Waals surface area contributed by atoms with Crippen LogP contribution in [0.4, 0.5) is 21.9 Å². The summed E-state index contributed by atoms with van der Waals surface area (Å²) in [6, 6.07) is 21.9. The van der Waals surface area contributed by atoms with Crippen molar-refractivity contribution >= 4 is 29.0 Å². The summed E-state index contributed by atoms with van der Waals surface area (Å²) in [5.41, 5.74) is 6.39. The van der Waals surface area contributed by atoms with Gasteiger partial charge in [-0.3, -0.25) is 4.79 Å². The molecule has 6 heteroatoms. The average molecular weight is 513 g/mol. The molecule has 3 aromatic carbocycles. The minimum absolute atomic E-state index is 0.112. The first-order valence-electron chi connectivity index (χ1n) is 13.6. The van der Waals surface area contributed by atoms with Crippen LogP contribution in [0.25, 0.3) is 0 Å². The Bertz CT molecular complexity index is 1250. The normalized spacial score (nSPS) is 13.9. The van der Waals surface area contributed by atoms with Crippen molar-refractivity contribution in [2.24, 2.45) is 11.8 Å². The molecular formula is C32H40N4O2. The Morgan fingerprint density at radius 2 is 1.66 bits per heavy atom. The van der Waals surface area contributed by atoms with Crippen molar-refractivity contribution in [2.45, 2.75) is 47.0 Å². The Balaban J connectivity index is 1.47. The molecule has 1 saturated heterocycles. The van der Waals surface area contributed by atoms with Gasteiger partial charge in [-0.05, 0) is 80.3 Å². The molecule has 6 nitrogen and oxygen atoms in total. The first kappa shape index (κ1) is 27.2. The van der Waals surface area contributed by atoms with Gasteiger partial charge >= 0.3 is 6.03 Å². The fraction of sp³-hybridized carbons (Fsp3) is 0.375. The number of nitrogens with one attached hydrogen (secondary N) is 3. The van der Waals surface area contributed by atoms with Crippen molar-refractivity contribution in [1.29, 1.82) is 0 Å². The summed E-state index contributed by atoms with van der Waals surface area (Å²) in [4.78, 5) is 28.3. The Morgan fingerprint density at radius 3 is 2.34 bits per heavy atom. The molecule has 0 spiro atoms. The zero-order chi connectivity index (χ0) is 27.1. The number of carbonyl (C=O) groups excluding carboxylic acids is 2. The summed E-state index contributed by atoms with van der Waals surface area (Å²) >= 11 is 0. The topological polar surface area (TPSA) is 73.5 Å². The van der Waals surface area contributed by atoms with E-state index >= 15 is 0 Å². The number of nitrogens with zero attached hydrogens (tertiary/aromatic N) is 1. The minimum atomic E-state index is -0.333. The van der Waals surface area contributed by atoms with E-state index in [2.05, 4.69) is 65.0 Å². The summed E-state index contributed by atoms with van der Waals surface area (Å²) in [6.07, 6.45) is 3.26. The van der Waals surface area contributed by atoms with Crippen LogP contribution in [0.2, 0.25) is 0 Å². The van der Waals surface area contributed by atoms with Crippen LogP contribution < -0.4 is 20.9 Å². The number of aryl methyl sites for hydroxylation is 2. The van der Waals surface area contributed by atoms with Gasteiger partial charge in [0.1, 0.15) is 0 Å². The van der Waals surface area contributed by atoms with Crippen LogP contribution in [-0.2, 0) is 6.42 Å². The molecule has 0 bridgehead atoms. The van der Waals surface area contributed by atoms with Crippen molar-refractivity contribution in [3.63, 3.8) is 0 Å². The molecule has 1 aliphatic rings. The van der Waals surface area contributed by atoms with Gasteiger partial charge in [-0.2, -0.15) is 0 Å². The van der Waals surface area contributed by atoms with Gasteiger partial charge in [0.05, 0.1) is 5.56 Å². The SMILES string of the molecule is Cc1ccc(NC(=O)Nc2ccc(N3CCC(Cc4ccccc4)CC3)c(C(=O)NCC(C)C)c2)c(C)c1. The predicted octanol–water partition coefficient (Wildman–Crippen LogP) is 6.79. The molecule has 3 N–H and O–H groups in total. The summed E-state index contributed by atoms with van der Waals surface area (Å²) in [5.74, 6) is 0.876. The molecule has 0 aromatic heterocycles. The minimum Gasteiger partial charge on any atom is -0.371 e. The van der Waals surface area contributed by atoms with Crippen molar-refractivity contribution in [3.05, 3.63) is 89.0 Å². The molecule has 0 atom stereocenters. The van der Waals surface area contributed by atoms with Gasteiger partial charge in [-0.1, -0.05) is 61.9 Å². The molecule has 1 fully saturated rings. The number of amides is 3. The van der Waals surface area contributed by atoms with Crippen LogP contribution in [0.1, 0.15) is 53.7 Å². The fourth-order valence-electron chi connectivity index (χ4n) is 5.03.